The van der Waals surface area contributed by atoms with E-state index in [1.165, 1.54) is 11.1 Å². The molecule has 1 unspecified atom stereocenters. The molecule has 1 amide bonds. The van der Waals surface area contributed by atoms with E-state index in [0.717, 1.165) is 5.56 Å². The van der Waals surface area contributed by atoms with Crippen molar-refractivity contribution in [3.63, 3.8) is 0 Å². The van der Waals surface area contributed by atoms with E-state index in [2.05, 4.69) is 23.5 Å². The highest BCUT2D eigenvalue weighted by atomic mass is 35.5. The van der Waals surface area contributed by atoms with Crippen molar-refractivity contribution in [1.29, 1.82) is 0 Å². The molecule has 0 aromatic heterocycles. The van der Waals surface area contributed by atoms with Crippen molar-refractivity contribution in [2.75, 3.05) is 0 Å². The van der Waals surface area contributed by atoms with Gasteiger partial charge in [-0.05, 0) is 31.9 Å². The number of hydrogen-bond donors (Lipinski definition) is 1. The predicted octanol–water partition coefficient (Wildman–Crippen LogP) is 2.55. The molecule has 1 N–H and O–H groups in total. The molecule has 0 aliphatic heterocycles. The minimum atomic E-state index is -0.477. The molecule has 82 valence electrons. The molecule has 3 heteroatoms. The van der Waals surface area contributed by atoms with Crippen molar-refractivity contribution in [3.8, 4) is 0 Å². The fourth-order valence-corrected chi connectivity index (χ4v) is 1.39. The molecule has 0 bridgehead atoms. The number of halogens is 1. The first-order valence-corrected chi connectivity index (χ1v) is 5.42. The number of benzene rings is 1. The van der Waals surface area contributed by atoms with Crippen LogP contribution in [0, 0.1) is 13.8 Å². The maximum atomic E-state index is 11.3. The SMILES string of the molecule is Cc1ccc(C)c(CNC(=O)C(C)Cl)c1. The Balaban J connectivity index is 2.65. The average molecular weight is 226 g/mol. The van der Waals surface area contributed by atoms with Crippen LogP contribution in [0.25, 0.3) is 0 Å². The second-order valence-corrected chi connectivity index (χ2v) is 4.42. The normalized spacial score (nSPS) is 12.3. The number of carbonyl (C=O) groups excluding carboxylic acids is 1. The summed E-state index contributed by atoms with van der Waals surface area (Å²) in [4.78, 5) is 11.3. The Morgan fingerprint density at radius 3 is 2.73 bits per heavy atom. The van der Waals surface area contributed by atoms with E-state index in [4.69, 9.17) is 11.6 Å². The molecule has 0 heterocycles. The molecule has 0 aliphatic rings. The van der Waals surface area contributed by atoms with Gasteiger partial charge < -0.3 is 5.32 Å². The number of rotatable bonds is 3. The van der Waals surface area contributed by atoms with Crippen LogP contribution in [0.15, 0.2) is 18.2 Å². The smallest absolute Gasteiger partial charge is 0.238 e. The number of hydrogen-bond acceptors (Lipinski definition) is 1. The van der Waals surface area contributed by atoms with Gasteiger partial charge in [0.25, 0.3) is 0 Å². The van der Waals surface area contributed by atoms with E-state index in [-0.39, 0.29) is 5.91 Å². The van der Waals surface area contributed by atoms with Gasteiger partial charge in [-0.25, -0.2) is 0 Å². The highest BCUT2D eigenvalue weighted by Crippen LogP contribution is 2.10. The van der Waals surface area contributed by atoms with E-state index >= 15 is 0 Å². The first kappa shape index (κ1) is 12.1. The molecular formula is C12H16ClNO. The van der Waals surface area contributed by atoms with Crippen LogP contribution in [0.5, 0.6) is 0 Å². The van der Waals surface area contributed by atoms with Gasteiger partial charge in [-0.1, -0.05) is 23.8 Å². The standard InChI is InChI=1S/C12H16ClNO/c1-8-4-5-9(2)11(6-8)7-14-12(15)10(3)13/h4-6,10H,7H2,1-3H3,(H,14,15). The number of alkyl halides is 1. The van der Waals surface area contributed by atoms with E-state index in [1.807, 2.05) is 13.8 Å². The van der Waals surface area contributed by atoms with Crippen molar-refractivity contribution in [2.45, 2.75) is 32.7 Å². The number of nitrogens with one attached hydrogen (secondary N) is 1. The number of carbonyl (C=O) groups is 1. The lowest BCUT2D eigenvalue weighted by molar-refractivity contribution is -0.120. The minimum absolute atomic E-state index is 0.127. The molecule has 0 fully saturated rings. The second-order valence-electron chi connectivity index (χ2n) is 3.76. The molecule has 0 radical (unpaired) electrons. The molecule has 15 heavy (non-hydrogen) atoms. The summed E-state index contributed by atoms with van der Waals surface area (Å²) >= 11 is 5.65. The Hall–Kier alpha value is -1.02. The van der Waals surface area contributed by atoms with Crippen molar-refractivity contribution in [3.05, 3.63) is 34.9 Å². The first-order chi connectivity index (χ1) is 7.00. The second kappa shape index (κ2) is 5.17. The molecule has 0 saturated heterocycles. The average Bonchev–Trinajstić information content (AvgIpc) is 2.18. The van der Waals surface area contributed by atoms with E-state index in [1.54, 1.807) is 6.92 Å². The molecule has 1 aromatic carbocycles. The van der Waals surface area contributed by atoms with Crippen LogP contribution in [0.3, 0.4) is 0 Å². The van der Waals surface area contributed by atoms with Gasteiger partial charge in [0.1, 0.15) is 5.38 Å². The number of aryl methyl sites for hydroxylation is 2. The summed E-state index contributed by atoms with van der Waals surface area (Å²) in [6.07, 6.45) is 0. The van der Waals surface area contributed by atoms with Crippen LogP contribution in [-0.4, -0.2) is 11.3 Å². The maximum Gasteiger partial charge on any atom is 0.238 e. The monoisotopic (exact) mass is 225 g/mol. The van der Waals surface area contributed by atoms with E-state index in [0.29, 0.717) is 6.54 Å². The third-order valence-electron chi connectivity index (χ3n) is 2.32. The van der Waals surface area contributed by atoms with Crippen LogP contribution in [-0.2, 0) is 11.3 Å². The fourth-order valence-electron chi connectivity index (χ4n) is 1.31. The molecule has 0 spiro atoms. The Kier molecular flexibility index (Phi) is 4.15. The van der Waals surface area contributed by atoms with E-state index < -0.39 is 5.38 Å². The van der Waals surface area contributed by atoms with Gasteiger partial charge in [0, 0.05) is 6.54 Å². The topological polar surface area (TPSA) is 29.1 Å². The largest absolute Gasteiger partial charge is 0.351 e. The Bertz CT molecular complexity index is 361. The van der Waals surface area contributed by atoms with Crippen LogP contribution >= 0.6 is 11.6 Å². The number of amides is 1. The third kappa shape index (κ3) is 3.56. The molecular weight excluding hydrogens is 210 g/mol. The lowest BCUT2D eigenvalue weighted by atomic mass is 10.1. The highest BCUT2D eigenvalue weighted by molar-refractivity contribution is 6.30. The maximum absolute atomic E-state index is 11.3. The van der Waals surface area contributed by atoms with Gasteiger partial charge in [-0.2, -0.15) is 0 Å². The quantitative estimate of drug-likeness (QED) is 0.788. The van der Waals surface area contributed by atoms with Crippen LogP contribution in [0.1, 0.15) is 23.6 Å². The zero-order valence-corrected chi connectivity index (χ0v) is 10.1. The zero-order chi connectivity index (χ0) is 11.4. The summed E-state index contributed by atoms with van der Waals surface area (Å²) in [5, 5.41) is 2.32. The van der Waals surface area contributed by atoms with Crippen LogP contribution < -0.4 is 5.32 Å². The van der Waals surface area contributed by atoms with Crippen molar-refractivity contribution < 1.29 is 4.79 Å². The van der Waals surface area contributed by atoms with Crippen molar-refractivity contribution >= 4 is 17.5 Å². The van der Waals surface area contributed by atoms with Gasteiger partial charge in [-0.3, -0.25) is 4.79 Å². The summed E-state index contributed by atoms with van der Waals surface area (Å²) < 4.78 is 0. The Morgan fingerprint density at radius 1 is 1.47 bits per heavy atom. The molecule has 1 aromatic rings. The minimum Gasteiger partial charge on any atom is -0.351 e. The van der Waals surface area contributed by atoms with Gasteiger partial charge in [0.15, 0.2) is 0 Å². The predicted molar refractivity (Wildman–Crippen MR) is 63.1 cm³/mol. The molecule has 1 rings (SSSR count). The molecule has 1 atom stereocenters. The summed E-state index contributed by atoms with van der Waals surface area (Å²) in [6.45, 7) is 6.28. The molecule has 2 nitrogen and oxygen atoms in total. The summed E-state index contributed by atoms with van der Waals surface area (Å²) in [5.74, 6) is -0.127. The van der Waals surface area contributed by atoms with E-state index in [9.17, 15) is 4.79 Å². The van der Waals surface area contributed by atoms with Crippen molar-refractivity contribution in [1.82, 2.24) is 5.32 Å². The first-order valence-electron chi connectivity index (χ1n) is 4.98. The lowest BCUT2D eigenvalue weighted by Gasteiger charge is -2.09. The van der Waals surface area contributed by atoms with Gasteiger partial charge in [0.05, 0.1) is 0 Å². The van der Waals surface area contributed by atoms with Crippen LogP contribution in [0.2, 0.25) is 0 Å². The van der Waals surface area contributed by atoms with Gasteiger partial charge in [0.2, 0.25) is 5.91 Å². The zero-order valence-electron chi connectivity index (χ0n) is 9.30. The molecule has 0 saturated carbocycles. The summed E-state index contributed by atoms with van der Waals surface area (Å²) in [5.41, 5.74) is 3.52. The Labute approximate surface area is 95.6 Å². The van der Waals surface area contributed by atoms with Crippen LogP contribution in [0.4, 0.5) is 0 Å². The highest BCUT2D eigenvalue weighted by Gasteiger charge is 2.08. The van der Waals surface area contributed by atoms with Crippen molar-refractivity contribution in [2.24, 2.45) is 0 Å². The summed E-state index contributed by atoms with van der Waals surface area (Å²) in [7, 11) is 0. The summed E-state index contributed by atoms with van der Waals surface area (Å²) in [6, 6.07) is 6.19. The Morgan fingerprint density at radius 2 is 2.13 bits per heavy atom. The lowest BCUT2D eigenvalue weighted by Crippen LogP contribution is -2.29. The molecule has 0 aliphatic carbocycles. The third-order valence-corrected chi connectivity index (χ3v) is 2.52. The fraction of sp³-hybridized carbons (Fsp3) is 0.417. The van der Waals surface area contributed by atoms with Gasteiger partial charge in [-0.15, -0.1) is 11.6 Å². The van der Waals surface area contributed by atoms with Gasteiger partial charge >= 0.3 is 0 Å².